The SMILES string of the molecule is CC1(c2nc(CCC(=O)O)co2)CCCO1. The molecule has 16 heavy (non-hydrogen) atoms. The highest BCUT2D eigenvalue weighted by atomic mass is 16.5. The lowest BCUT2D eigenvalue weighted by Crippen LogP contribution is -2.20. The molecule has 1 aromatic heterocycles. The molecule has 0 amide bonds. The molecule has 1 atom stereocenters. The van der Waals surface area contributed by atoms with Crippen LogP contribution in [0.15, 0.2) is 10.7 Å². The number of aromatic nitrogens is 1. The Morgan fingerprint density at radius 3 is 3.12 bits per heavy atom. The molecule has 0 bridgehead atoms. The van der Waals surface area contributed by atoms with E-state index in [4.69, 9.17) is 14.3 Å². The third-order valence-corrected chi connectivity index (χ3v) is 2.82. The molecule has 1 aliphatic rings. The van der Waals surface area contributed by atoms with Gasteiger partial charge in [0.2, 0.25) is 5.89 Å². The molecule has 1 unspecified atom stereocenters. The maximum atomic E-state index is 10.4. The number of ether oxygens (including phenoxy) is 1. The van der Waals surface area contributed by atoms with Gasteiger partial charge in [-0.25, -0.2) is 4.98 Å². The minimum absolute atomic E-state index is 0.0730. The molecule has 1 N–H and O–H groups in total. The normalized spacial score (nSPS) is 24.8. The Hall–Kier alpha value is -1.36. The van der Waals surface area contributed by atoms with E-state index in [1.54, 1.807) is 0 Å². The Balaban J connectivity index is 2.04. The molecule has 2 heterocycles. The molecular formula is C11H15NO4. The summed E-state index contributed by atoms with van der Waals surface area (Å²) >= 11 is 0. The standard InChI is InChI=1S/C11H15NO4/c1-11(5-2-6-16-11)10-12-8(7-15-10)3-4-9(13)14/h7H,2-6H2,1H3,(H,13,14). The lowest BCUT2D eigenvalue weighted by atomic mass is 10.0. The average Bonchev–Trinajstić information content (AvgIpc) is 2.84. The van der Waals surface area contributed by atoms with Gasteiger partial charge >= 0.3 is 5.97 Å². The molecule has 5 heteroatoms. The van der Waals surface area contributed by atoms with Crippen LogP contribution in [0.1, 0.15) is 37.8 Å². The first-order valence-electron chi connectivity index (χ1n) is 5.41. The summed E-state index contributed by atoms with van der Waals surface area (Å²) < 4.78 is 10.9. The highest BCUT2D eigenvalue weighted by Gasteiger charge is 2.36. The fourth-order valence-corrected chi connectivity index (χ4v) is 1.85. The molecule has 0 radical (unpaired) electrons. The average molecular weight is 225 g/mol. The molecule has 88 valence electrons. The summed E-state index contributed by atoms with van der Waals surface area (Å²) in [6.45, 7) is 2.68. The van der Waals surface area contributed by atoms with Crippen molar-refractivity contribution in [3.8, 4) is 0 Å². The van der Waals surface area contributed by atoms with Gasteiger partial charge < -0.3 is 14.3 Å². The van der Waals surface area contributed by atoms with Crippen LogP contribution in [0.4, 0.5) is 0 Å². The van der Waals surface area contributed by atoms with E-state index in [0.717, 1.165) is 19.4 Å². The minimum Gasteiger partial charge on any atom is -0.481 e. The Kier molecular flexibility index (Phi) is 2.96. The third kappa shape index (κ3) is 2.24. The van der Waals surface area contributed by atoms with E-state index in [9.17, 15) is 4.79 Å². The number of aryl methyl sites for hydroxylation is 1. The summed E-state index contributed by atoms with van der Waals surface area (Å²) in [4.78, 5) is 14.7. The van der Waals surface area contributed by atoms with E-state index in [1.165, 1.54) is 6.26 Å². The van der Waals surface area contributed by atoms with Gasteiger partial charge in [-0.05, 0) is 19.8 Å². The Labute approximate surface area is 93.4 Å². The van der Waals surface area contributed by atoms with Crippen LogP contribution in [0.3, 0.4) is 0 Å². The number of aliphatic carboxylic acids is 1. The van der Waals surface area contributed by atoms with Crippen LogP contribution in [0.5, 0.6) is 0 Å². The number of carboxylic acid groups (broad SMARTS) is 1. The number of carboxylic acids is 1. The lowest BCUT2D eigenvalue weighted by molar-refractivity contribution is -0.136. The van der Waals surface area contributed by atoms with Gasteiger partial charge in [-0.3, -0.25) is 4.79 Å². The molecule has 0 aliphatic carbocycles. The van der Waals surface area contributed by atoms with Crippen molar-refractivity contribution in [1.82, 2.24) is 4.98 Å². The van der Waals surface area contributed by atoms with Crippen LogP contribution < -0.4 is 0 Å². The first kappa shape index (κ1) is 11.1. The first-order chi connectivity index (χ1) is 7.60. The Bertz CT molecular complexity index is 379. The molecule has 5 nitrogen and oxygen atoms in total. The van der Waals surface area contributed by atoms with E-state index < -0.39 is 11.6 Å². The van der Waals surface area contributed by atoms with Gasteiger partial charge in [-0.15, -0.1) is 0 Å². The van der Waals surface area contributed by atoms with Crippen molar-refractivity contribution in [3.63, 3.8) is 0 Å². The van der Waals surface area contributed by atoms with Gasteiger partial charge in [-0.1, -0.05) is 0 Å². The van der Waals surface area contributed by atoms with Gasteiger partial charge in [-0.2, -0.15) is 0 Å². The summed E-state index contributed by atoms with van der Waals surface area (Å²) in [5.41, 5.74) is 0.246. The topological polar surface area (TPSA) is 72.6 Å². The molecule has 1 aromatic rings. The maximum absolute atomic E-state index is 10.4. The highest BCUT2D eigenvalue weighted by Crippen LogP contribution is 2.34. The summed E-state index contributed by atoms with van der Waals surface area (Å²) in [6, 6.07) is 0. The predicted octanol–water partition coefficient (Wildman–Crippen LogP) is 1.72. The van der Waals surface area contributed by atoms with Crippen molar-refractivity contribution >= 4 is 5.97 Å². The largest absolute Gasteiger partial charge is 0.481 e. The van der Waals surface area contributed by atoms with Crippen LogP contribution in [-0.2, 0) is 21.6 Å². The minimum atomic E-state index is -0.826. The fraction of sp³-hybridized carbons (Fsp3) is 0.636. The van der Waals surface area contributed by atoms with Crippen molar-refractivity contribution in [1.29, 1.82) is 0 Å². The van der Waals surface area contributed by atoms with E-state index in [2.05, 4.69) is 4.98 Å². The van der Waals surface area contributed by atoms with Crippen LogP contribution in [0, 0.1) is 0 Å². The zero-order valence-electron chi connectivity index (χ0n) is 9.23. The van der Waals surface area contributed by atoms with Crippen LogP contribution >= 0.6 is 0 Å². The summed E-state index contributed by atoms with van der Waals surface area (Å²) in [7, 11) is 0. The van der Waals surface area contributed by atoms with Crippen molar-refractivity contribution in [2.24, 2.45) is 0 Å². The second kappa shape index (κ2) is 4.25. The van der Waals surface area contributed by atoms with Crippen molar-refractivity contribution in [2.75, 3.05) is 6.61 Å². The molecule has 1 saturated heterocycles. The zero-order valence-corrected chi connectivity index (χ0v) is 9.23. The maximum Gasteiger partial charge on any atom is 0.303 e. The van der Waals surface area contributed by atoms with Gasteiger partial charge in [0.1, 0.15) is 11.9 Å². The second-order valence-corrected chi connectivity index (χ2v) is 4.22. The number of nitrogens with zero attached hydrogens (tertiary/aromatic N) is 1. The van der Waals surface area contributed by atoms with Gasteiger partial charge in [0.05, 0.1) is 12.1 Å². The number of hydrogen-bond donors (Lipinski definition) is 1. The van der Waals surface area contributed by atoms with E-state index in [1.807, 2.05) is 6.92 Å². The zero-order chi connectivity index (χ0) is 11.6. The van der Waals surface area contributed by atoms with Gasteiger partial charge in [0.15, 0.2) is 0 Å². The molecule has 0 aromatic carbocycles. The molecule has 2 rings (SSSR count). The first-order valence-corrected chi connectivity index (χ1v) is 5.41. The number of rotatable bonds is 4. The number of carbonyl (C=O) groups is 1. The Morgan fingerprint density at radius 2 is 2.50 bits per heavy atom. The molecule has 1 fully saturated rings. The lowest BCUT2D eigenvalue weighted by Gasteiger charge is -2.17. The molecule has 0 saturated carbocycles. The number of hydrogen-bond acceptors (Lipinski definition) is 4. The quantitative estimate of drug-likeness (QED) is 0.844. The van der Waals surface area contributed by atoms with Crippen molar-refractivity contribution in [2.45, 2.75) is 38.2 Å². The van der Waals surface area contributed by atoms with Crippen molar-refractivity contribution < 1.29 is 19.1 Å². The van der Waals surface area contributed by atoms with Crippen molar-refractivity contribution in [3.05, 3.63) is 17.8 Å². The highest BCUT2D eigenvalue weighted by molar-refractivity contribution is 5.66. The summed E-state index contributed by atoms with van der Waals surface area (Å²) in [5, 5.41) is 8.56. The van der Waals surface area contributed by atoms with Gasteiger partial charge in [0, 0.05) is 13.0 Å². The number of oxazole rings is 1. The van der Waals surface area contributed by atoms with E-state index in [-0.39, 0.29) is 6.42 Å². The molecular weight excluding hydrogens is 210 g/mol. The molecule has 1 aliphatic heterocycles. The van der Waals surface area contributed by atoms with Crippen LogP contribution in [0.25, 0.3) is 0 Å². The van der Waals surface area contributed by atoms with E-state index >= 15 is 0 Å². The fourth-order valence-electron chi connectivity index (χ4n) is 1.85. The molecule has 0 spiro atoms. The Morgan fingerprint density at radius 1 is 1.69 bits per heavy atom. The van der Waals surface area contributed by atoms with Gasteiger partial charge in [0.25, 0.3) is 0 Å². The van der Waals surface area contributed by atoms with Crippen LogP contribution in [-0.4, -0.2) is 22.7 Å². The second-order valence-electron chi connectivity index (χ2n) is 4.22. The summed E-state index contributed by atoms with van der Waals surface area (Å²) in [5.74, 6) is -0.265. The summed E-state index contributed by atoms with van der Waals surface area (Å²) in [6.07, 6.45) is 3.89. The third-order valence-electron chi connectivity index (χ3n) is 2.82. The predicted molar refractivity (Wildman–Crippen MR) is 55.0 cm³/mol. The van der Waals surface area contributed by atoms with Crippen LogP contribution in [0.2, 0.25) is 0 Å². The monoisotopic (exact) mass is 225 g/mol. The van der Waals surface area contributed by atoms with E-state index in [0.29, 0.717) is 18.0 Å². The smallest absolute Gasteiger partial charge is 0.303 e.